The van der Waals surface area contributed by atoms with E-state index in [0.29, 0.717) is 5.56 Å². The predicted molar refractivity (Wildman–Crippen MR) is 86.2 cm³/mol. The van der Waals surface area contributed by atoms with Gasteiger partial charge in [-0.05, 0) is 17.5 Å². The highest BCUT2D eigenvalue weighted by Crippen LogP contribution is 2.25. The number of carbonyl (C=O) groups is 2. The van der Waals surface area contributed by atoms with Gasteiger partial charge in [-0.15, -0.1) is 0 Å². The predicted octanol–water partition coefficient (Wildman–Crippen LogP) is 4.08. The van der Waals surface area contributed by atoms with Gasteiger partial charge in [-0.1, -0.05) is 61.5 Å². The largest absolute Gasteiger partial charge is 0.481 e. The van der Waals surface area contributed by atoms with Gasteiger partial charge in [-0.3, -0.25) is 9.59 Å². The number of benzene rings is 2. The summed E-state index contributed by atoms with van der Waals surface area (Å²) < 4.78 is 0. The Hall–Kier alpha value is -2.42. The number of aryl methyl sites for hydroxylation is 1. The molecule has 1 N–H and O–H groups in total. The SMILES string of the molecule is CCc1ccc(C(=O)CC(CC(=O)O)c2ccccc2)cc1. The molecule has 114 valence electrons. The molecule has 0 radical (unpaired) electrons. The minimum Gasteiger partial charge on any atom is -0.481 e. The Morgan fingerprint density at radius 1 is 0.955 bits per heavy atom. The van der Waals surface area contributed by atoms with Crippen LogP contribution in [0.3, 0.4) is 0 Å². The molecule has 0 amide bonds. The molecule has 0 aliphatic carbocycles. The molecule has 1 atom stereocenters. The number of aliphatic carboxylic acids is 1. The highest BCUT2D eigenvalue weighted by atomic mass is 16.4. The molecule has 0 fully saturated rings. The van der Waals surface area contributed by atoms with Crippen LogP contribution in [0.5, 0.6) is 0 Å². The molecule has 0 heterocycles. The van der Waals surface area contributed by atoms with Gasteiger partial charge in [-0.2, -0.15) is 0 Å². The molecule has 22 heavy (non-hydrogen) atoms. The lowest BCUT2D eigenvalue weighted by molar-refractivity contribution is -0.137. The molecule has 0 spiro atoms. The quantitative estimate of drug-likeness (QED) is 0.783. The minimum atomic E-state index is -0.886. The third-order valence-corrected chi connectivity index (χ3v) is 3.81. The van der Waals surface area contributed by atoms with E-state index in [1.54, 1.807) is 0 Å². The second-order valence-electron chi connectivity index (χ2n) is 5.38. The van der Waals surface area contributed by atoms with E-state index in [2.05, 4.69) is 6.92 Å². The smallest absolute Gasteiger partial charge is 0.303 e. The Kier molecular flexibility index (Phi) is 5.48. The van der Waals surface area contributed by atoms with Crippen LogP contribution in [0, 0.1) is 0 Å². The number of carbonyl (C=O) groups excluding carboxylic acids is 1. The van der Waals surface area contributed by atoms with Crippen molar-refractivity contribution in [2.45, 2.75) is 32.1 Å². The van der Waals surface area contributed by atoms with Crippen molar-refractivity contribution < 1.29 is 14.7 Å². The molecule has 3 nitrogen and oxygen atoms in total. The number of carboxylic acids is 1. The summed E-state index contributed by atoms with van der Waals surface area (Å²) in [4.78, 5) is 23.5. The maximum atomic E-state index is 12.4. The Labute approximate surface area is 130 Å². The van der Waals surface area contributed by atoms with Gasteiger partial charge in [0.25, 0.3) is 0 Å². The van der Waals surface area contributed by atoms with E-state index in [4.69, 9.17) is 5.11 Å². The fraction of sp³-hybridized carbons (Fsp3) is 0.263. The number of carboxylic acid groups (broad SMARTS) is 1. The van der Waals surface area contributed by atoms with Crippen LogP contribution in [-0.2, 0) is 11.2 Å². The Balaban J connectivity index is 2.15. The molecule has 0 aliphatic rings. The third kappa shape index (κ3) is 4.29. The van der Waals surface area contributed by atoms with Gasteiger partial charge in [0.2, 0.25) is 0 Å². The first-order valence-corrected chi connectivity index (χ1v) is 7.49. The molecule has 2 aromatic rings. The topological polar surface area (TPSA) is 54.4 Å². The van der Waals surface area contributed by atoms with Crippen LogP contribution in [0.1, 0.15) is 47.2 Å². The maximum absolute atomic E-state index is 12.4. The van der Waals surface area contributed by atoms with E-state index in [0.717, 1.165) is 12.0 Å². The van der Waals surface area contributed by atoms with E-state index >= 15 is 0 Å². The van der Waals surface area contributed by atoms with Crippen LogP contribution >= 0.6 is 0 Å². The molecule has 0 bridgehead atoms. The van der Waals surface area contributed by atoms with Gasteiger partial charge in [0.05, 0.1) is 6.42 Å². The van der Waals surface area contributed by atoms with E-state index < -0.39 is 5.97 Å². The van der Waals surface area contributed by atoms with Crippen LogP contribution in [0.2, 0.25) is 0 Å². The molecule has 0 saturated heterocycles. The summed E-state index contributed by atoms with van der Waals surface area (Å²) in [6.07, 6.45) is 1.10. The van der Waals surface area contributed by atoms with Gasteiger partial charge < -0.3 is 5.11 Å². The Morgan fingerprint density at radius 2 is 1.59 bits per heavy atom. The maximum Gasteiger partial charge on any atom is 0.303 e. The normalized spacial score (nSPS) is 11.9. The number of hydrogen-bond acceptors (Lipinski definition) is 2. The van der Waals surface area contributed by atoms with Crippen molar-refractivity contribution in [1.29, 1.82) is 0 Å². The van der Waals surface area contributed by atoms with Gasteiger partial charge in [0.15, 0.2) is 5.78 Å². The molecule has 2 rings (SSSR count). The fourth-order valence-electron chi connectivity index (χ4n) is 2.51. The van der Waals surface area contributed by atoms with E-state index in [1.807, 2.05) is 54.6 Å². The van der Waals surface area contributed by atoms with Gasteiger partial charge in [-0.25, -0.2) is 0 Å². The number of Topliss-reactive ketones (excluding diaryl/α,β-unsaturated/α-hetero) is 1. The summed E-state index contributed by atoms with van der Waals surface area (Å²) >= 11 is 0. The zero-order valence-electron chi connectivity index (χ0n) is 12.7. The van der Waals surface area contributed by atoms with E-state index in [1.165, 1.54) is 5.56 Å². The first-order chi connectivity index (χ1) is 10.6. The standard InChI is InChI=1S/C19H20O3/c1-2-14-8-10-16(11-9-14)18(20)12-17(13-19(21)22)15-6-4-3-5-7-15/h3-11,17H,2,12-13H2,1H3,(H,21,22). The molecule has 1 unspecified atom stereocenters. The highest BCUT2D eigenvalue weighted by molar-refractivity contribution is 5.96. The summed E-state index contributed by atoms with van der Waals surface area (Å²) in [6, 6.07) is 16.9. The lowest BCUT2D eigenvalue weighted by Gasteiger charge is -2.14. The highest BCUT2D eigenvalue weighted by Gasteiger charge is 2.20. The molecular weight excluding hydrogens is 276 g/mol. The van der Waals surface area contributed by atoms with Crippen molar-refractivity contribution in [3.63, 3.8) is 0 Å². The zero-order chi connectivity index (χ0) is 15.9. The summed E-state index contributed by atoms with van der Waals surface area (Å²) in [5.41, 5.74) is 2.72. The van der Waals surface area contributed by atoms with Gasteiger partial charge in [0, 0.05) is 17.9 Å². The van der Waals surface area contributed by atoms with Crippen LogP contribution in [0.15, 0.2) is 54.6 Å². The fourth-order valence-corrected chi connectivity index (χ4v) is 2.51. The van der Waals surface area contributed by atoms with Crippen molar-refractivity contribution in [2.24, 2.45) is 0 Å². The Bertz CT molecular complexity index is 629. The van der Waals surface area contributed by atoms with Gasteiger partial charge in [0.1, 0.15) is 0 Å². The van der Waals surface area contributed by atoms with Crippen LogP contribution in [-0.4, -0.2) is 16.9 Å². The summed E-state index contributed by atoms with van der Waals surface area (Å²) in [5.74, 6) is -1.20. The molecule has 0 saturated carbocycles. The van der Waals surface area contributed by atoms with E-state index in [-0.39, 0.29) is 24.5 Å². The third-order valence-electron chi connectivity index (χ3n) is 3.81. The van der Waals surface area contributed by atoms with Gasteiger partial charge >= 0.3 is 5.97 Å². The number of hydrogen-bond donors (Lipinski definition) is 1. The van der Waals surface area contributed by atoms with E-state index in [9.17, 15) is 9.59 Å². The van der Waals surface area contributed by atoms with Crippen molar-refractivity contribution in [3.05, 3.63) is 71.3 Å². The molecule has 0 aliphatic heterocycles. The summed E-state index contributed by atoms with van der Waals surface area (Å²) in [6.45, 7) is 2.06. The second-order valence-corrected chi connectivity index (χ2v) is 5.38. The lowest BCUT2D eigenvalue weighted by Crippen LogP contribution is -2.12. The minimum absolute atomic E-state index is 0.0160. The molecule has 0 aromatic heterocycles. The summed E-state index contributed by atoms with van der Waals surface area (Å²) in [7, 11) is 0. The van der Waals surface area contributed by atoms with Crippen molar-refractivity contribution in [1.82, 2.24) is 0 Å². The monoisotopic (exact) mass is 296 g/mol. The van der Waals surface area contributed by atoms with Crippen LogP contribution in [0.25, 0.3) is 0 Å². The average molecular weight is 296 g/mol. The lowest BCUT2D eigenvalue weighted by atomic mass is 9.89. The summed E-state index contributed by atoms with van der Waals surface area (Å²) in [5, 5.41) is 9.09. The van der Waals surface area contributed by atoms with Crippen LogP contribution < -0.4 is 0 Å². The second kappa shape index (κ2) is 7.55. The van der Waals surface area contributed by atoms with Crippen molar-refractivity contribution >= 4 is 11.8 Å². The van der Waals surface area contributed by atoms with Crippen LogP contribution in [0.4, 0.5) is 0 Å². The first kappa shape index (κ1) is 16.0. The molecule has 3 heteroatoms. The van der Waals surface area contributed by atoms with Crippen molar-refractivity contribution in [2.75, 3.05) is 0 Å². The number of rotatable bonds is 7. The van der Waals surface area contributed by atoms with Crippen molar-refractivity contribution in [3.8, 4) is 0 Å². The molecule has 2 aromatic carbocycles. The average Bonchev–Trinajstić information content (AvgIpc) is 2.54. The zero-order valence-corrected chi connectivity index (χ0v) is 12.7. The molecular formula is C19H20O3. The first-order valence-electron chi connectivity index (χ1n) is 7.49. The Morgan fingerprint density at radius 3 is 2.14 bits per heavy atom. The number of ketones is 1.